The molecule has 4 nitrogen and oxygen atoms in total. The van der Waals surface area contributed by atoms with Crippen LogP contribution in [0.2, 0.25) is 0 Å². The minimum absolute atomic E-state index is 0.00211. The highest BCUT2D eigenvalue weighted by Gasteiger charge is 2.68. The van der Waals surface area contributed by atoms with Crippen molar-refractivity contribution in [3.63, 3.8) is 0 Å². The molecule has 0 unspecified atom stereocenters. The summed E-state index contributed by atoms with van der Waals surface area (Å²) in [5.74, 6) is -0.00573. The van der Waals surface area contributed by atoms with Crippen LogP contribution in [0.3, 0.4) is 0 Å². The van der Waals surface area contributed by atoms with Crippen molar-refractivity contribution in [1.82, 2.24) is 4.57 Å². The van der Waals surface area contributed by atoms with Crippen LogP contribution >= 0.6 is 11.3 Å². The highest BCUT2D eigenvalue weighted by Crippen LogP contribution is 2.68. The largest absolute Gasteiger partial charge is 0.383 e. The molecule has 5 heteroatoms. The molecule has 0 bridgehead atoms. The molecule has 1 fully saturated rings. The summed E-state index contributed by atoms with van der Waals surface area (Å²) in [5, 5.41) is 0. The molecule has 0 saturated heterocycles. The zero-order valence-corrected chi connectivity index (χ0v) is 15.2. The molecule has 1 heterocycles. The Hall–Kier alpha value is -1.46. The van der Waals surface area contributed by atoms with Gasteiger partial charge in [-0.15, -0.1) is 0 Å². The number of carbonyl (C=O) groups is 1. The number of fused-ring (bicyclic) bond motifs is 1. The summed E-state index contributed by atoms with van der Waals surface area (Å²) in [5.41, 5.74) is 1.14. The Morgan fingerprint density at radius 3 is 2.52 bits per heavy atom. The molecule has 1 aromatic heterocycles. The summed E-state index contributed by atoms with van der Waals surface area (Å²) in [6.45, 7) is 9.89. The summed E-state index contributed by atoms with van der Waals surface area (Å²) >= 11 is 1.57. The van der Waals surface area contributed by atoms with E-state index in [9.17, 15) is 4.79 Å². The lowest BCUT2D eigenvalue weighted by Crippen LogP contribution is -2.20. The zero-order valence-electron chi connectivity index (χ0n) is 14.4. The summed E-state index contributed by atoms with van der Waals surface area (Å²) in [6, 6.07) is 8.16. The molecular formula is C18H24N2O2S. The highest BCUT2D eigenvalue weighted by atomic mass is 32.1. The Morgan fingerprint density at radius 1 is 1.26 bits per heavy atom. The molecule has 2 aromatic rings. The van der Waals surface area contributed by atoms with Crippen LogP contribution in [0.1, 0.15) is 27.7 Å². The molecule has 124 valence electrons. The maximum absolute atomic E-state index is 12.7. The first kappa shape index (κ1) is 16.4. The fourth-order valence-electron chi connectivity index (χ4n) is 3.48. The first-order chi connectivity index (χ1) is 10.8. The first-order valence-electron chi connectivity index (χ1n) is 7.96. The van der Waals surface area contributed by atoms with E-state index in [0.29, 0.717) is 13.2 Å². The number of ether oxygens (including phenoxy) is 1. The third kappa shape index (κ3) is 2.56. The van der Waals surface area contributed by atoms with Crippen molar-refractivity contribution in [2.24, 2.45) is 21.7 Å². The van der Waals surface area contributed by atoms with Crippen LogP contribution in [-0.4, -0.2) is 24.2 Å². The van der Waals surface area contributed by atoms with Gasteiger partial charge >= 0.3 is 0 Å². The van der Waals surface area contributed by atoms with Crippen LogP contribution in [0, 0.1) is 16.7 Å². The third-order valence-corrected chi connectivity index (χ3v) is 6.64. The van der Waals surface area contributed by atoms with Gasteiger partial charge in [-0.1, -0.05) is 51.2 Å². The van der Waals surface area contributed by atoms with E-state index in [0.717, 1.165) is 15.0 Å². The SMILES string of the molecule is COCCn1c(=NC(=O)C2C(C)(C)C2(C)C)sc2ccccc21. The Kier molecular flexibility index (Phi) is 3.97. The second kappa shape index (κ2) is 5.56. The van der Waals surface area contributed by atoms with Gasteiger partial charge < -0.3 is 9.30 Å². The number of para-hydroxylation sites is 1. The van der Waals surface area contributed by atoms with Gasteiger partial charge in [0.15, 0.2) is 4.80 Å². The lowest BCUT2D eigenvalue weighted by molar-refractivity contribution is -0.120. The molecule has 1 aliphatic rings. The van der Waals surface area contributed by atoms with E-state index in [1.807, 2.05) is 12.1 Å². The third-order valence-electron chi connectivity index (χ3n) is 5.58. The molecule has 23 heavy (non-hydrogen) atoms. The maximum atomic E-state index is 12.7. The number of carbonyl (C=O) groups excluding carboxylic acids is 1. The molecule has 1 saturated carbocycles. The van der Waals surface area contributed by atoms with Crippen LogP contribution in [-0.2, 0) is 16.1 Å². The molecule has 0 radical (unpaired) electrons. The maximum Gasteiger partial charge on any atom is 0.252 e. The molecule has 0 N–H and O–H groups in total. The zero-order chi connectivity index (χ0) is 16.8. The van der Waals surface area contributed by atoms with E-state index >= 15 is 0 Å². The first-order valence-corrected chi connectivity index (χ1v) is 8.78. The van der Waals surface area contributed by atoms with E-state index in [1.165, 1.54) is 0 Å². The van der Waals surface area contributed by atoms with Crippen LogP contribution in [0.25, 0.3) is 10.2 Å². The number of benzene rings is 1. The Labute approximate surface area is 140 Å². The van der Waals surface area contributed by atoms with Crippen LogP contribution in [0.15, 0.2) is 29.3 Å². The van der Waals surface area contributed by atoms with Gasteiger partial charge in [-0.05, 0) is 23.0 Å². The summed E-state index contributed by atoms with van der Waals surface area (Å²) in [7, 11) is 1.69. The monoisotopic (exact) mass is 332 g/mol. The Morgan fingerprint density at radius 2 is 1.91 bits per heavy atom. The smallest absolute Gasteiger partial charge is 0.252 e. The second-order valence-corrected chi connectivity index (χ2v) is 8.33. The molecule has 0 spiro atoms. The lowest BCUT2D eigenvalue weighted by atomic mass is 10.0. The van der Waals surface area contributed by atoms with Gasteiger partial charge in [0.2, 0.25) is 0 Å². The predicted octanol–water partition coefficient (Wildman–Crippen LogP) is 3.46. The van der Waals surface area contributed by atoms with E-state index in [4.69, 9.17) is 4.74 Å². The Balaban J connectivity index is 2.04. The van der Waals surface area contributed by atoms with Crippen molar-refractivity contribution in [3.05, 3.63) is 29.1 Å². The summed E-state index contributed by atoms with van der Waals surface area (Å²) < 4.78 is 8.44. The number of rotatable bonds is 4. The van der Waals surface area contributed by atoms with Crippen molar-refractivity contribution in [1.29, 1.82) is 0 Å². The quantitative estimate of drug-likeness (QED) is 0.860. The molecule has 1 amide bonds. The van der Waals surface area contributed by atoms with Crippen molar-refractivity contribution >= 4 is 27.5 Å². The topological polar surface area (TPSA) is 43.6 Å². The highest BCUT2D eigenvalue weighted by molar-refractivity contribution is 7.16. The Bertz CT molecular complexity index is 800. The van der Waals surface area contributed by atoms with Gasteiger partial charge in [0.05, 0.1) is 22.7 Å². The number of hydrogen-bond acceptors (Lipinski definition) is 3. The van der Waals surface area contributed by atoms with E-state index in [1.54, 1.807) is 18.4 Å². The van der Waals surface area contributed by atoms with Crippen LogP contribution < -0.4 is 4.80 Å². The number of aromatic nitrogens is 1. The van der Waals surface area contributed by atoms with Gasteiger partial charge in [-0.2, -0.15) is 4.99 Å². The number of methoxy groups -OCH3 is 1. The van der Waals surface area contributed by atoms with E-state index in [-0.39, 0.29) is 22.7 Å². The van der Waals surface area contributed by atoms with Crippen LogP contribution in [0.4, 0.5) is 0 Å². The summed E-state index contributed by atoms with van der Waals surface area (Å²) in [4.78, 5) is 18.0. The van der Waals surface area contributed by atoms with Gasteiger partial charge in [-0.25, -0.2) is 0 Å². The van der Waals surface area contributed by atoms with Crippen LogP contribution in [0.5, 0.6) is 0 Å². The number of amides is 1. The predicted molar refractivity (Wildman–Crippen MR) is 93.3 cm³/mol. The van der Waals surface area contributed by atoms with Gasteiger partial charge in [0.25, 0.3) is 5.91 Å². The summed E-state index contributed by atoms with van der Waals surface area (Å²) in [6.07, 6.45) is 0. The number of thiazole rings is 1. The van der Waals surface area contributed by atoms with Gasteiger partial charge in [0.1, 0.15) is 0 Å². The standard InChI is InChI=1S/C18H24N2O2S/c1-17(2)14(18(17,3)4)15(21)19-16-20(10-11-22-5)12-8-6-7-9-13(12)23-16/h6-9,14H,10-11H2,1-5H3. The van der Waals surface area contributed by atoms with Crippen molar-refractivity contribution in [2.75, 3.05) is 13.7 Å². The van der Waals surface area contributed by atoms with E-state index < -0.39 is 0 Å². The normalized spacial score (nSPS) is 20.1. The average Bonchev–Trinajstić information content (AvgIpc) is 2.76. The molecule has 1 aromatic carbocycles. The molecule has 0 atom stereocenters. The fourth-order valence-corrected chi connectivity index (χ4v) is 4.54. The molecule has 0 aliphatic heterocycles. The molecular weight excluding hydrogens is 308 g/mol. The second-order valence-electron chi connectivity index (χ2n) is 7.32. The minimum atomic E-state index is -0.00362. The van der Waals surface area contributed by atoms with Gasteiger partial charge in [-0.3, -0.25) is 4.79 Å². The lowest BCUT2D eigenvalue weighted by Gasteiger charge is -2.04. The van der Waals surface area contributed by atoms with E-state index in [2.05, 4.69) is 49.4 Å². The van der Waals surface area contributed by atoms with Crippen molar-refractivity contribution in [3.8, 4) is 0 Å². The average molecular weight is 332 g/mol. The van der Waals surface area contributed by atoms with Crippen molar-refractivity contribution in [2.45, 2.75) is 34.2 Å². The van der Waals surface area contributed by atoms with Crippen molar-refractivity contribution < 1.29 is 9.53 Å². The number of nitrogens with zero attached hydrogens (tertiary/aromatic N) is 2. The minimum Gasteiger partial charge on any atom is -0.383 e. The molecule has 3 rings (SSSR count). The number of hydrogen-bond donors (Lipinski definition) is 0. The fraction of sp³-hybridized carbons (Fsp3) is 0.556. The van der Waals surface area contributed by atoms with Gasteiger partial charge in [0, 0.05) is 13.7 Å². The molecule has 1 aliphatic carbocycles.